The van der Waals surface area contributed by atoms with E-state index >= 15 is 0 Å². The third-order valence-electron chi connectivity index (χ3n) is 1.59. The van der Waals surface area contributed by atoms with Crippen molar-refractivity contribution in [3.05, 3.63) is 0 Å². The van der Waals surface area contributed by atoms with Gasteiger partial charge in [-0.2, -0.15) is 0 Å². The van der Waals surface area contributed by atoms with Crippen LogP contribution >= 0.6 is 0 Å². The van der Waals surface area contributed by atoms with Crippen LogP contribution in [0.3, 0.4) is 0 Å². The van der Waals surface area contributed by atoms with Crippen LogP contribution in [-0.2, 0) is 4.79 Å². The normalized spacial score (nSPS) is 8.85. The minimum absolute atomic E-state index is 0.222. The first kappa shape index (κ1) is 14.9. The van der Waals surface area contributed by atoms with Gasteiger partial charge in [0.15, 0.2) is 0 Å². The predicted octanol–water partition coefficient (Wildman–Crippen LogP) is 0.345. The topological polar surface area (TPSA) is 67.8 Å². The molecule has 0 saturated heterocycles. The molecular weight excluding hydrogens is 166 g/mol. The number of carbonyl (C=O) groups is 1. The van der Waals surface area contributed by atoms with E-state index in [2.05, 4.69) is 19.6 Å². The molecule has 0 unspecified atom stereocenters. The molecule has 80 valence electrons. The Bertz CT molecular complexity index is 103. The predicted molar refractivity (Wildman–Crippen MR) is 51.8 cm³/mol. The maximum absolute atomic E-state index is 9.85. The van der Waals surface area contributed by atoms with E-state index in [-0.39, 0.29) is 6.42 Å². The van der Waals surface area contributed by atoms with Crippen LogP contribution in [0.1, 0.15) is 52.4 Å². The first-order valence-corrected chi connectivity index (χ1v) is 5.18. The maximum Gasteiger partial charge on any atom is 0.0737 e. The summed E-state index contributed by atoms with van der Waals surface area (Å²) in [6, 6.07) is 0. The molecule has 3 heteroatoms. The zero-order valence-electron chi connectivity index (χ0n) is 8.97. The summed E-state index contributed by atoms with van der Waals surface area (Å²) in [7, 11) is 0. The molecule has 0 spiro atoms. The maximum atomic E-state index is 9.85. The van der Waals surface area contributed by atoms with Crippen molar-refractivity contribution in [1.82, 2.24) is 0 Å². The highest BCUT2D eigenvalue weighted by Crippen LogP contribution is 2.00. The van der Waals surface area contributed by atoms with Gasteiger partial charge in [0.2, 0.25) is 0 Å². The molecule has 0 bridgehead atoms. The molecule has 0 fully saturated rings. The third-order valence-corrected chi connectivity index (χ3v) is 1.59. The summed E-state index contributed by atoms with van der Waals surface area (Å²) in [5.41, 5.74) is 3.60. The van der Waals surface area contributed by atoms with Crippen molar-refractivity contribution in [1.29, 1.82) is 0 Å². The summed E-state index contributed by atoms with van der Waals surface area (Å²) in [5.74, 6) is -0.925. The van der Waals surface area contributed by atoms with E-state index in [4.69, 9.17) is 0 Å². The molecule has 0 aromatic rings. The van der Waals surface area contributed by atoms with Crippen LogP contribution in [0, 0.1) is 0 Å². The van der Waals surface area contributed by atoms with E-state index in [1.807, 2.05) is 0 Å². The van der Waals surface area contributed by atoms with E-state index in [1.165, 1.54) is 6.42 Å². The molecule has 0 amide bonds. The molecule has 0 heterocycles. The van der Waals surface area contributed by atoms with E-state index in [0.29, 0.717) is 0 Å². The second-order valence-electron chi connectivity index (χ2n) is 3.04. The smallest absolute Gasteiger partial charge is 0.0737 e. The summed E-state index contributed by atoms with van der Waals surface area (Å²) < 4.78 is 0. The average molecular weight is 189 g/mol. The molecule has 0 aliphatic heterocycles. The van der Waals surface area contributed by atoms with Gasteiger partial charge in [-0.25, -0.2) is 0 Å². The lowest BCUT2D eigenvalue weighted by Gasteiger charge is -1.99. The Labute approximate surface area is 81.3 Å². The van der Waals surface area contributed by atoms with Gasteiger partial charge in [0.1, 0.15) is 0 Å². The third kappa shape index (κ3) is 24.6. The second kappa shape index (κ2) is 14.0. The molecule has 0 aliphatic rings. The second-order valence-corrected chi connectivity index (χ2v) is 3.04. The summed E-state index contributed by atoms with van der Waals surface area (Å²) in [4.78, 5) is 9.85. The monoisotopic (exact) mass is 189 g/mol. The molecule has 0 atom stereocenters. The summed E-state index contributed by atoms with van der Waals surface area (Å²) in [6.07, 6.45) is 5.50. The molecule has 0 rings (SSSR count). The van der Waals surface area contributed by atoms with Crippen molar-refractivity contribution >= 4 is 5.97 Å². The van der Waals surface area contributed by atoms with E-state index in [1.54, 1.807) is 0 Å². The molecule has 0 aliphatic carbocycles. The van der Waals surface area contributed by atoms with Crippen molar-refractivity contribution in [2.75, 3.05) is 6.54 Å². The van der Waals surface area contributed by atoms with Gasteiger partial charge in [-0.1, -0.05) is 33.1 Å². The molecule has 0 saturated carbocycles. The lowest BCUT2D eigenvalue weighted by molar-refractivity contribution is -0.367. The molecule has 0 radical (unpaired) electrons. The number of carbonyl (C=O) groups excluding carboxylic acids is 1. The van der Waals surface area contributed by atoms with Crippen molar-refractivity contribution in [2.24, 2.45) is 0 Å². The lowest BCUT2D eigenvalue weighted by Crippen LogP contribution is -2.49. The zero-order chi connectivity index (χ0) is 10.5. The minimum atomic E-state index is -0.925. The van der Waals surface area contributed by atoms with Crippen LogP contribution in [0.2, 0.25) is 0 Å². The molecule has 13 heavy (non-hydrogen) atoms. The van der Waals surface area contributed by atoms with E-state index in [9.17, 15) is 9.90 Å². The first-order valence-electron chi connectivity index (χ1n) is 5.18. The zero-order valence-corrected chi connectivity index (χ0v) is 8.97. The fourth-order valence-electron chi connectivity index (χ4n) is 0.696. The number of aliphatic carboxylic acids is 1. The first-order chi connectivity index (χ1) is 6.18. The van der Waals surface area contributed by atoms with Gasteiger partial charge in [0, 0.05) is 5.97 Å². The molecule has 0 aromatic carbocycles. The Morgan fingerprint density at radius 2 is 1.69 bits per heavy atom. The molecule has 3 nitrogen and oxygen atoms in total. The number of carboxylic acids is 1. The van der Waals surface area contributed by atoms with Crippen LogP contribution in [0.15, 0.2) is 0 Å². The number of rotatable bonds is 6. The van der Waals surface area contributed by atoms with Gasteiger partial charge in [0.05, 0.1) is 6.54 Å². The van der Waals surface area contributed by atoms with Crippen LogP contribution in [-0.4, -0.2) is 12.5 Å². The number of quaternary nitrogens is 1. The average Bonchev–Trinajstić information content (AvgIpc) is 2.13. The Hall–Kier alpha value is -0.570. The quantitative estimate of drug-likeness (QED) is 0.612. The van der Waals surface area contributed by atoms with E-state index in [0.717, 1.165) is 32.2 Å². The fourth-order valence-corrected chi connectivity index (χ4v) is 0.696. The molecular formula is C10H23NO2. The minimum Gasteiger partial charge on any atom is -0.550 e. The Kier molecular flexibility index (Phi) is 16.1. The highest BCUT2D eigenvalue weighted by atomic mass is 16.4. The molecule has 0 aromatic heterocycles. The standard InChI is InChI=1S/C7H14O2.C3H9N/c1-2-3-4-5-6-7(8)9;1-2-3-4/h2-6H2,1H3,(H,8,9);2-4H2,1H3. The highest BCUT2D eigenvalue weighted by Gasteiger charge is 1.86. The van der Waals surface area contributed by atoms with Gasteiger partial charge >= 0.3 is 0 Å². The van der Waals surface area contributed by atoms with Gasteiger partial charge in [-0.3, -0.25) is 0 Å². The Morgan fingerprint density at radius 1 is 1.15 bits per heavy atom. The summed E-state index contributed by atoms with van der Waals surface area (Å²) in [6.45, 7) is 5.28. The van der Waals surface area contributed by atoms with Gasteiger partial charge in [-0.15, -0.1) is 0 Å². The number of unbranched alkanes of at least 4 members (excludes halogenated alkanes) is 3. The summed E-state index contributed by atoms with van der Waals surface area (Å²) >= 11 is 0. The van der Waals surface area contributed by atoms with Crippen LogP contribution < -0.4 is 10.8 Å². The van der Waals surface area contributed by atoms with Gasteiger partial charge in [-0.05, 0) is 19.3 Å². The fraction of sp³-hybridized carbons (Fsp3) is 0.900. The SMILES string of the molecule is CCCCCCC(=O)[O-].CCC[NH3+]. The lowest BCUT2D eigenvalue weighted by atomic mass is 10.2. The van der Waals surface area contributed by atoms with Crippen molar-refractivity contribution in [2.45, 2.75) is 52.4 Å². The summed E-state index contributed by atoms with van der Waals surface area (Å²) in [5, 5.41) is 9.85. The number of hydrogen-bond donors (Lipinski definition) is 1. The van der Waals surface area contributed by atoms with E-state index < -0.39 is 5.97 Å². The highest BCUT2D eigenvalue weighted by molar-refractivity contribution is 5.63. The molecule has 3 N–H and O–H groups in total. The Balaban J connectivity index is 0. The van der Waals surface area contributed by atoms with Crippen LogP contribution in [0.4, 0.5) is 0 Å². The van der Waals surface area contributed by atoms with Crippen molar-refractivity contribution in [3.63, 3.8) is 0 Å². The largest absolute Gasteiger partial charge is 0.550 e. The number of carboxylic acid groups (broad SMARTS) is 1. The Morgan fingerprint density at radius 3 is 2.00 bits per heavy atom. The van der Waals surface area contributed by atoms with Crippen molar-refractivity contribution in [3.8, 4) is 0 Å². The van der Waals surface area contributed by atoms with Crippen molar-refractivity contribution < 1.29 is 15.6 Å². The van der Waals surface area contributed by atoms with Gasteiger partial charge < -0.3 is 15.6 Å². The van der Waals surface area contributed by atoms with Crippen LogP contribution in [0.5, 0.6) is 0 Å². The van der Waals surface area contributed by atoms with Crippen LogP contribution in [0.25, 0.3) is 0 Å². The number of hydrogen-bond acceptors (Lipinski definition) is 2. The van der Waals surface area contributed by atoms with Gasteiger partial charge in [0.25, 0.3) is 0 Å².